The average Bonchev–Trinajstić information content (AvgIpc) is 2.78. The molecule has 0 unspecified atom stereocenters. The van der Waals surface area contributed by atoms with Gasteiger partial charge in [0.25, 0.3) is 0 Å². The Balaban J connectivity index is 1.86. The lowest BCUT2D eigenvalue weighted by molar-refractivity contribution is -0.139. The van der Waals surface area contributed by atoms with Crippen molar-refractivity contribution in [3.63, 3.8) is 0 Å². The quantitative estimate of drug-likeness (QED) is 0.227. The summed E-state index contributed by atoms with van der Waals surface area (Å²) < 4.78 is 5.58. The zero-order valence-corrected chi connectivity index (χ0v) is 18.4. The number of rotatable bonds is 16. The smallest absolute Gasteiger partial charge is 0.354 e. The lowest BCUT2D eigenvalue weighted by Crippen LogP contribution is -2.35. The summed E-state index contributed by atoms with van der Waals surface area (Å²) in [5.41, 5.74) is 1.09. The van der Waals surface area contributed by atoms with E-state index in [1.165, 1.54) is 12.1 Å². The summed E-state index contributed by atoms with van der Waals surface area (Å²) in [6.45, 7) is 0.696. The number of carbonyl (C=O) groups is 4. The molecule has 0 aliphatic heterocycles. The molecule has 0 saturated carbocycles. The van der Waals surface area contributed by atoms with Crippen LogP contribution in [-0.4, -0.2) is 98.7 Å². The SMILES string of the molecule is O=Cc1cccc(CN(CCOCCN(CC(=O)O)Cc2cccc(C(=O)O)n2)CC(=O)O)n1. The van der Waals surface area contributed by atoms with Crippen LogP contribution in [0, 0.1) is 0 Å². The average molecular weight is 474 g/mol. The maximum atomic E-state index is 11.2. The number of nitrogens with zero attached hydrogens (tertiary/aromatic N) is 4. The Labute approximate surface area is 195 Å². The lowest BCUT2D eigenvalue weighted by Gasteiger charge is -2.22. The van der Waals surface area contributed by atoms with Crippen molar-refractivity contribution in [2.45, 2.75) is 13.1 Å². The molecular formula is C22H26N4O8. The monoisotopic (exact) mass is 474 g/mol. The van der Waals surface area contributed by atoms with E-state index in [0.717, 1.165) is 0 Å². The van der Waals surface area contributed by atoms with Crippen molar-refractivity contribution in [1.82, 2.24) is 19.8 Å². The normalized spacial score (nSPS) is 11.0. The molecule has 182 valence electrons. The number of aromatic carboxylic acids is 1. The van der Waals surface area contributed by atoms with E-state index in [0.29, 0.717) is 17.7 Å². The zero-order valence-electron chi connectivity index (χ0n) is 18.4. The van der Waals surface area contributed by atoms with Gasteiger partial charge in [-0.2, -0.15) is 0 Å². The highest BCUT2D eigenvalue weighted by molar-refractivity contribution is 5.85. The minimum absolute atomic E-state index is 0.126. The predicted molar refractivity (Wildman–Crippen MR) is 117 cm³/mol. The third-order valence-corrected chi connectivity index (χ3v) is 4.57. The van der Waals surface area contributed by atoms with Crippen molar-refractivity contribution in [1.29, 1.82) is 0 Å². The van der Waals surface area contributed by atoms with Crippen molar-refractivity contribution in [2.75, 3.05) is 39.4 Å². The number of hydrogen-bond donors (Lipinski definition) is 3. The number of carboxylic acid groups (broad SMARTS) is 3. The first-order valence-electron chi connectivity index (χ1n) is 10.3. The molecule has 0 aliphatic rings. The second kappa shape index (κ2) is 13.7. The van der Waals surface area contributed by atoms with Crippen molar-refractivity contribution in [3.8, 4) is 0 Å². The molecule has 2 rings (SSSR count). The summed E-state index contributed by atoms with van der Waals surface area (Å²) in [6, 6.07) is 9.42. The Bertz CT molecular complexity index is 1000. The van der Waals surface area contributed by atoms with E-state index in [4.69, 9.17) is 20.1 Å². The number of aliphatic carboxylic acids is 2. The highest BCUT2D eigenvalue weighted by Crippen LogP contribution is 2.06. The summed E-state index contributed by atoms with van der Waals surface area (Å²) in [5.74, 6) is -3.24. The largest absolute Gasteiger partial charge is 0.480 e. The summed E-state index contributed by atoms with van der Waals surface area (Å²) in [5, 5.41) is 27.4. The van der Waals surface area contributed by atoms with Crippen LogP contribution in [0.25, 0.3) is 0 Å². The van der Waals surface area contributed by atoms with E-state index in [-0.39, 0.29) is 63.9 Å². The molecule has 2 aromatic heterocycles. The van der Waals surface area contributed by atoms with Gasteiger partial charge in [-0.05, 0) is 24.3 Å². The van der Waals surface area contributed by atoms with Gasteiger partial charge in [-0.3, -0.25) is 24.2 Å². The number of aldehydes is 1. The molecule has 0 amide bonds. The van der Waals surface area contributed by atoms with Crippen LogP contribution in [-0.2, 0) is 27.4 Å². The fourth-order valence-electron chi connectivity index (χ4n) is 3.10. The molecule has 2 heterocycles. The molecule has 0 fully saturated rings. The first kappa shape index (κ1) is 26.5. The number of hydrogen-bond acceptors (Lipinski definition) is 9. The number of carboxylic acids is 3. The third kappa shape index (κ3) is 9.81. The molecule has 12 heteroatoms. The van der Waals surface area contributed by atoms with Crippen LogP contribution in [0.2, 0.25) is 0 Å². The summed E-state index contributed by atoms with van der Waals surface area (Å²) >= 11 is 0. The summed E-state index contributed by atoms with van der Waals surface area (Å²) in [6.07, 6.45) is 0.616. The Morgan fingerprint density at radius 2 is 1.35 bits per heavy atom. The van der Waals surface area contributed by atoms with Gasteiger partial charge < -0.3 is 20.1 Å². The standard InChI is InChI=1S/C22H26N4O8/c27-15-18-5-1-3-16(23-18)11-25(13-20(28)29)7-9-34-10-8-26(14-21(30)31)12-17-4-2-6-19(24-17)22(32)33/h1-6,15H,7-14H2,(H,28,29)(H,30,31)(H,32,33). The first-order valence-corrected chi connectivity index (χ1v) is 10.3. The van der Waals surface area contributed by atoms with Crippen molar-refractivity contribution >= 4 is 24.2 Å². The second-order valence-corrected chi connectivity index (χ2v) is 7.31. The van der Waals surface area contributed by atoms with Crippen molar-refractivity contribution in [2.24, 2.45) is 0 Å². The van der Waals surface area contributed by atoms with E-state index in [9.17, 15) is 19.2 Å². The molecule has 0 spiro atoms. The fourth-order valence-corrected chi connectivity index (χ4v) is 3.10. The van der Waals surface area contributed by atoms with Gasteiger partial charge in [-0.25, -0.2) is 14.8 Å². The molecule has 0 bridgehead atoms. The highest BCUT2D eigenvalue weighted by Gasteiger charge is 2.14. The number of carbonyl (C=O) groups excluding carboxylic acids is 1. The Morgan fingerprint density at radius 1 is 0.824 bits per heavy atom. The van der Waals surface area contributed by atoms with Crippen LogP contribution in [0.1, 0.15) is 32.4 Å². The van der Waals surface area contributed by atoms with Crippen molar-refractivity contribution in [3.05, 3.63) is 59.2 Å². The lowest BCUT2D eigenvalue weighted by atomic mass is 10.3. The second-order valence-electron chi connectivity index (χ2n) is 7.31. The number of pyridine rings is 2. The molecule has 3 N–H and O–H groups in total. The Kier molecular flexibility index (Phi) is 10.7. The van der Waals surface area contributed by atoms with Gasteiger partial charge in [0.05, 0.1) is 37.7 Å². The molecule has 2 aromatic rings. The predicted octanol–water partition coefficient (Wildman–Crippen LogP) is 0.477. The maximum Gasteiger partial charge on any atom is 0.354 e. The maximum absolute atomic E-state index is 11.2. The van der Waals surface area contributed by atoms with Gasteiger partial charge in [-0.1, -0.05) is 12.1 Å². The summed E-state index contributed by atoms with van der Waals surface area (Å²) in [7, 11) is 0. The summed E-state index contributed by atoms with van der Waals surface area (Å²) in [4.78, 5) is 55.6. The van der Waals surface area contributed by atoms with Gasteiger partial charge in [0.2, 0.25) is 0 Å². The van der Waals surface area contributed by atoms with E-state index < -0.39 is 17.9 Å². The van der Waals surface area contributed by atoms with E-state index in [2.05, 4.69) is 9.97 Å². The minimum atomic E-state index is -1.17. The molecule has 0 saturated heterocycles. The van der Waals surface area contributed by atoms with Gasteiger partial charge >= 0.3 is 17.9 Å². The van der Waals surface area contributed by atoms with E-state index in [1.54, 1.807) is 34.1 Å². The van der Waals surface area contributed by atoms with Gasteiger partial charge in [0, 0.05) is 26.2 Å². The van der Waals surface area contributed by atoms with Gasteiger partial charge in [-0.15, -0.1) is 0 Å². The molecule has 0 aliphatic carbocycles. The number of aromatic nitrogens is 2. The molecule has 12 nitrogen and oxygen atoms in total. The topological polar surface area (TPSA) is 170 Å². The first-order chi connectivity index (χ1) is 16.3. The van der Waals surface area contributed by atoms with Crippen molar-refractivity contribution < 1.29 is 39.2 Å². The van der Waals surface area contributed by atoms with Crippen LogP contribution in [0.4, 0.5) is 0 Å². The molecule has 0 atom stereocenters. The number of ether oxygens (including phenoxy) is 1. The zero-order chi connectivity index (χ0) is 24.9. The van der Waals surface area contributed by atoms with Crippen LogP contribution >= 0.6 is 0 Å². The third-order valence-electron chi connectivity index (χ3n) is 4.57. The minimum Gasteiger partial charge on any atom is -0.480 e. The molecule has 0 aromatic carbocycles. The van der Waals surface area contributed by atoms with Crippen LogP contribution in [0.5, 0.6) is 0 Å². The Hall–Kier alpha value is -3.74. The Morgan fingerprint density at radius 3 is 1.85 bits per heavy atom. The van der Waals surface area contributed by atoms with E-state index >= 15 is 0 Å². The van der Waals surface area contributed by atoms with E-state index in [1.807, 2.05) is 0 Å². The fraction of sp³-hybridized carbons (Fsp3) is 0.364. The van der Waals surface area contributed by atoms with Crippen LogP contribution < -0.4 is 0 Å². The molecule has 0 radical (unpaired) electrons. The highest BCUT2D eigenvalue weighted by atomic mass is 16.5. The van der Waals surface area contributed by atoms with Crippen LogP contribution in [0.3, 0.4) is 0 Å². The van der Waals surface area contributed by atoms with Gasteiger partial charge in [0.15, 0.2) is 6.29 Å². The van der Waals surface area contributed by atoms with Crippen LogP contribution in [0.15, 0.2) is 36.4 Å². The molecule has 34 heavy (non-hydrogen) atoms. The van der Waals surface area contributed by atoms with Gasteiger partial charge in [0.1, 0.15) is 11.4 Å². The molecular weight excluding hydrogens is 448 g/mol.